The van der Waals surface area contributed by atoms with Gasteiger partial charge in [-0.05, 0) is 30.5 Å². The zero-order valence-electron chi connectivity index (χ0n) is 11.5. The molecule has 110 valence electrons. The van der Waals surface area contributed by atoms with Gasteiger partial charge in [0.15, 0.2) is 11.5 Å². The van der Waals surface area contributed by atoms with Crippen molar-refractivity contribution in [3.8, 4) is 11.5 Å². The molecule has 1 heterocycles. The van der Waals surface area contributed by atoms with Gasteiger partial charge < -0.3 is 14.4 Å². The number of amides is 1. The van der Waals surface area contributed by atoms with Crippen LogP contribution in [0.2, 0.25) is 0 Å². The minimum Gasteiger partial charge on any atom is -0.493 e. The highest BCUT2D eigenvalue weighted by Crippen LogP contribution is 2.38. The summed E-state index contributed by atoms with van der Waals surface area (Å²) in [6, 6.07) is 3.51. The van der Waals surface area contributed by atoms with Gasteiger partial charge in [0, 0.05) is 17.6 Å². The Labute approximate surface area is 132 Å². The molecule has 1 unspecified atom stereocenters. The van der Waals surface area contributed by atoms with Gasteiger partial charge in [-0.25, -0.2) is 0 Å². The topological polar surface area (TPSA) is 38.8 Å². The van der Waals surface area contributed by atoms with E-state index in [4.69, 9.17) is 21.1 Å². The van der Waals surface area contributed by atoms with E-state index in [-0.39, 0.29) is 5.91 Å². The van der Waals surface area contributed by atoms with Crippen molar-refractivity contribution in [1.29, 1.82) is 0 Å². The van der Waals surface area contributed by atoms with Crippen LogP contribution in [-0.4, -0.2) is 38.1 Å². The van der Waals surface area contributed by atoms with Crippen molar-refractivity contribution in [2.45, 2.75) is 18.2 Å². The molecule has 0 N–H and O–H groups in total. The van der Waals surface area contributed by atoms with Crippen LogP contribution >= 0.6 is 27.5 Å². The number of likely N-dealkylation sites (tertiary alicyclic amines) is 1. The molecule has 1 saturated heterocycles. The van der Waals surface area contributed by atoms with Crippen LogP contribution in [0.25, 0.3) is 0 Å². The molecule has 1 aromatic rings. The third-order valence-corrected chi connectivity index (χ3v) is 4.52. The highest BCUT2D eigenvalue weighted by Gasteiger charge is 2.28. The summed E-state index contributed by atoms with van der Waals surface area (Å²) in [6.07, 6.45) is 2.09. The summed E-state index contributed by atoms with van der Waals surface area (Å²) in [6.45, 7) is 1.57. The average Bonchev–Trinajstić information content (AvgIpc) is 2.99. The van der Waals surface area contributed by atoms with Gasteiger partial charge in [-0.3, -0.25) is 4.79 Å². The van der Waals surface area contributed by atoms with Crippen LogP contribution in [-0.2, 0) is 4.79 Å². The molecule has 1 amide bonds. The van der Waals surface area contributed by atoms with Crippen LogP contribution in [0.15, 0.2) is 16.6 Å². The molecule has 0 aliphatic carbocycles. The number of hydrogen-bond acceptors (Lipinski definition) is 3. The quantitative estimate of drug-likeness (QED) is 0.771. The predicted octanol–water partition coefficient (Wildman–Crippen LogP) is 3.37. The summed E-state index contributed by atoms with van der Waals surface area (Å²) < 4.78 is 11.2. The van der Waals surface area contributed by atoms with Crippen molar-refractivity contribution in [3.63, 3.8) is 0 Å². The van der Waals surface area contributed by atoms with Gasteiger partial charge in [-0.15, -0.1) is 11.6 Å². The minimum atomic E-state index is -0.720. The SMILES string of the molecule is COc1cc(Br)c(C(Cl)C(=O)N2CCCC2)cc1OC. The number of rotatable bonds is 4. The molecule has 6 heteroatoms. The molecule has 0 aromatic heterocycles. The summed E-state index contributed by atoms with van der Waals surface area (Å²) in [5, 5.41) is -0.720. The molecule has 1 atom stereocenters. The Morgan fingerprint density at radius 3 is 2.35 bits per heavy atom. The van der Waals surface area contributed by atoms with E-state index in [1.165, 1.54) is 0 Å². The van der Waals surface area contributed by atoms with Crippen molar-refractivity contribution in [3.05, 3.63) is 22.2 Å². The van der Waals surface area contributed by atoms with E-state index in [0.717, 1.165) is 30.4 Å². The number of ether oxygens (including phenoxy) is 2. The van der Waals surface area contributed by atoms with Crippen molar-refractivity contribution in [2.75, 3.05) is 27.3 Å². The van der Waals surface area contributed by atoms with E-state index in [1.54, 1.807) is 31.3 Å². The van der Waals surface area contributed by atoms with Crippen molar-refractivity contribution in [2.24, 2.45) is 0 Å². The Hall–Kier alpha value is -0.940. The molecule has 0 spiro atoms. The van der Waals surface area contributed by atoms with E-state index in [1.807, 2.05) is 0 Å². The lowest BCUT2D eigenvalue weighted by atomic mass is 10.1. The standard InChI is InChI=1S/C14H17BrClNO3/c1-19-11-7-9(10(15)8-12(11)20-2)13(16)14(18)17-5-3-4-6-17/h7-8,13H,3-6H2,1-2H3. The second-order valence-corrected chi connectivity index (χ2v) is 5.91. The molecule has 0 saturated carbocycles. The van der Waals surface area contributed by atoms with Crippen LogP contribution < -0.4 is 9.47 Å². The molecule has 0 radical (unpaired) electrons. The van der Waals surface area contributed by atoms with E-state index < -0.39 is 5.38 Å². The molecule has 20 heavy (non-hydrogen) atoms. The van der Waals surface area contributed by atoms with Crippen LogP contribution in [0.1, 0.15) is 23.8 Å². The number of alkyl halides is 1. The maximum absolute atomic E-state index is 12.4. The first-order chi connectivity index (χ1) is 9.58. The van der Waals surface area contributed by atoms with Crippen molar-refractivity contribution < 1.29 is 14.3 Å². The first-order valence-electron chi connectivity index (χ1n) is 6.42. The number of nitrogens with zero attached hydrogens (tertiary/aromatic N) is 1. The van der Waals surface area contributed by atoms with Crippen molar-refractivity contribution in [1.82, 2.24) is 4.90 Å². The van der Waals surface area contributed by atoms with Crippen LogP contribution in [0, 0.1) is 0 Å². The van der Waals surface area contributed by atoms with Crippen molar-refractivity contribution >= 4 is 33.4 Å². The Morgan fingerprint density at radius 1 is 1.25 bits per heavy atom. The molecular formula is C14H17BrClNO3. The maximum Gasteiger partial charge on any atom is 0.245 e. The number of benzene rings is 1. The van der Waals surface area contributed by atoms with Gasteiger partial charge in [0.2, 0.25) is 5.91 Å². The molecule has 1 aromatic carbocycles. The minimum absolute atomic E-state index is 0.0583. The lowest BCUT2D eigenvalue weighted by molar-refractivity contribution is -0.129. The zero-order chi connectivity index (χ0) is 14.7. The normalized spacial score (nSPS) is 16.1. The second kappa shape index (κ2) is 6.68. The number of hydrogen-bond donors (Lipinski definition) is 0. The van der Waals surface area contributed by atoms with E-state index >= 15 is 0 Å². The number of carbonyl (C=O) groups is 1. The maximum atomic E-state index is 12.4. The van der Waals surface area contributed by atoms with E-state index in [9.17, 15) is 4.79 Å². The number of methoxy groups -OCH3 is 2. The largest absolute Gasteiger partial charge is 0.493 e. The summed E-state index contributed by atoms with van der Waals surface area (Å²) in [5.41, 5.74) is 0.696. The number of carbonyl (C=O) groups excluding carboxylic acids is 1. The summed E-state index contributed by atoms with van der Waals surface area (Å²) in [4.78, 5) is 14.2. The fourth-order valence-corrected chi connectivity index (χ4v) is 3.30. The van der Waals surface area contributed by atoms with Gasteiger partial charge in [0.05, 0.1) is 14.2 Å². The molecule has 1 fully saturated rings. The molecular weight excluding hydrogens is 346 g/mol. The highest BCUT2D eigenvalue weighted by atomic mass is 79.9. The Bertz CT molecular complexity index is 503. The van der Waals surface area contributed by atoms with Gasteiger partial charge in [-0.1, -0.05) is 15.9 Å². The fourth-order valence-electron chi connectivity index (χ4n) is 2.29. The fraction of sp³-hybridized carbons (Fsp3) is 0.500. The number of halogens is 2. The molecule has 2 rings (SSSR count). The third kappa shape index (κ3) is 3.04. The van der Waals surface area contributed by atoms with Crippen LogP contribution in [0.5, 0.6) is 11.5 Å². The Morgan fingerprint density at radius 2 is 1.80 bits per heavy atom. The molecule has 4 nitrogen and oxygen atoms in total. The van der Waals surface area contributed by atoms with Gasteiger partial charge in [0.1, 0.15) is 5.38 Å². The van der Waals surface area contributed by atoms with Crippen LogP contribution in [0.3, 0.4) is 0 Å². The summed E-state index contributed by atoms with van der Waals surface area (Å²) >= 11 is 9.79. The lowest BCUT2D eigenvalue weighted by Crippen LogP contribution is -2.30. The van der Waals surface area contributed by atoms with Crippen LogP contribution in [0.4, 0.5) is 0 Å². The monoisotopic (exact) mass is 361 g/mol. The Kier molecular flexibility index (Phi) is 5.16. The predicted molar refractivity (Wildman–Crippen MR) is 81.7 cm³/mol. The molecule has 0 bridgehead atoms. The van der Waals surface area contributed by atoms with E-state index in [0.29, 0.717) is 17.1 Å². The highest BCUT2D eigenvalue weighted by molar-refractivity contribution is 9.10. The first kappa shape index (κ1) is 15.4. The summed E-state index contributed by atoms with van der Waals surface area (Å²) in [5.74, 6) is 1.10. The van der Waals surface area contributed by atoms with E-state index in [2.05, 4.69) is 15.9 Å². The zero-order valence-corrected chi connectivity index (χ0v) is 13.8. The third-order valence-electron chi connectivity index (χ3n) is 3.41. The lowest BCUT2D eigenvalue weighted by Gasteiger charge is -2.21. The molecule has 1 aliphatic heterocycles. The van der Waals surface area contributed by atoms with Gasteiger partial charge in [-0.2, -0.15) is 0 Å². The van der Waals surface area contributed by atoms with Gasteiger partial charge >= 0.3 is 0 Å². The Balaban J connectivity index is 2.28. The smallest absolute Gasteiger partial charge is 0.245 e. The average molecular weight is 363 g/mol. The first-order valence-corrected chi connectivity index (χ1v) is 7.65. The molecule has 1 aliphatic rings. The second-order valence-electron chi connectivity index (χ2n) is 4.62. The summed E-state index contributed by atoms with van der Waals surface area (Å²) in [7, 11) is 3.12. The van der Waals surface area contributed by atoms with Gasteiger partial charge in [0.25, 0.3) is 0 Å².